The molecular formula is C18H20N2O4S. The number of nitrogens with one attached hydrogen (secondary N) is 1. The van der Waals surface area contributed by atoms with Crippen molar-refractivity contribution in [3.63, 3.8) is 0 Å². The molecular weight excluding hydrogens is 340 g/mol. The number of carbonyl (C=O) groups excluding carboxylic acids is 1. The molecule has 1 saturated carbocycles. The van der Waals surface area contributed by atoms with E-state index < -0.39 is 10.0 Å². The SMILES string of the molecule is NS(=O)(=O)c1cc(NC(=O)Cc2ccccc2)ccc1OC1CCC1. The number of benzene rings is 2. The topological polar surface area (TPSA) is 98.5 Å². The highest BCUT2D eigenvalue weighted by Crippen LogP contribution is 2.31. The van der Waals surface area contributed by atoms with E-state index in [-0.39, 0.29) is 29.1 Å². The van der Waals surface area contributed by atoms with Crippen molar-refractivity contribution in [1.29, 1.82) is 0 Å². The first-order chi connectivity index (χ1) is 11.9. The van der Waals surface area contributed by atoms with Crippen LogP contribution in [0.2, 0.25) is 0 Å². The summed E-state index contributed by atoms with van der Waals surface area (Å²) in [6.07, 6.45) is 3.10. The molecule has 6 nitrogen and oxygen atoms in total. The molecule has 0 aromatic heterocycles. The number of rotatable bonds is 6. The zero-order valence-corrected chi connectivity index (χ0v) is 14.5. The maximum absolute atomic E-state index is 12.1. The molecule has 1 amide bonds. The third-order valence-corrected chi connectivity index (χ3v) is 5.02. The highest BCUT2D eigenvalue weighted by atomic mass is 32.2. The summed E-state index contributed by atoms with van der Waals surface area (Å²) in [6, 6.07) is 13.8. The summed E-state index contributed by atoms with van der Waals surface area (Å²) >= 11 is 0. The van der Waals surface area contributed by atoms with Crippen molar-refractivity contribution in [2.45, 2.75) is 36.7 Å². The predicted octanol–water partition coefficient (Wildman–Crippen LogP) is 2.45. The van der Waals surface area contributed by atoms with Crippen LogP contribution < -0.4 is 15.2 Å². The molecule has 0 saturated heterocycles. The summed E-state index contributed by atoms with van der Waals surface area (Å²) in [7, 11) is -3.96. The van der Waals surface area contributed by atoms with Crippen LogP contribution in [0.1, 0.15) is 24.8 Å². The molecule has 0 unspecified atom stereocenters. The quantitative estimate of drug-likeness (QED) is 0.826. The largest absolute Gasteiger partial charge is 0.489 e. The summed E-state index contributed by atoms with van der Waals surface area (Å²) in [6.45, 7) is 0. The Bertz CT molecular complexity index is 862. The fourth-order valence-electron chi connectivity index (χ4n) is 2.56. The number of anilines is 1. The van der Waals surface area contributed by atoms with Crippen LogP contribution in [0.5, 0.6) is 5.75 Å². The number of sulfonamides is 1. The molecule has 0 spiro atoms. The van der Waals surface area contributed by atoms with Gasteiger partial charge in [-0.15, -0.1) is 0 Å². The lowest BCUT2D eigenvalue weighted by molar-refractivity contribution is -0.115. The van der Waals surface area contributed by atoms with Crippen molar-refractivity contribution in [3.8, 4) is 5.75 Å². The Morgan fingerprint density at radius 3 is 2.48 bits per heavy atom. The lowest BCUT2D eigenvalue weighted by Gasteiger charge is -2.27. The molecule has 0 radical (unpaired) electrons. The molecule has 25 heavy (non-hydrogen) atoms. The van der Waals surface area contributed by atoms with E-state index in [0.717, 1.165) is 24.8 Å². The zero-order valence-electron chi connectivity index (χ0n) is 13.6. The Morgan fingerprint density at radius 2 is 1.88 bits per heavy atom. The molecule has 132 valence electrons. The minimum absolute atomic E-state index is 0.0269. The molecule has 0 atom stereocenters. The first-order valence-corrected chi connectivity index (χ1v) is 9.64. The van der Waals surface area contributed by atoms with Gasteiger partial charge in [-0.3, -0.25) is 4.79 Å². The summed E-state index contributed by atoms with van der Waals surface area (Å²) in [5, 5.41) is 7.99. The average molecular weight is 360 g/mol. The number of ether oxygens (including phenoxy) is 1. The van der Waals surface area contributed by atoms with Gasteiger partial charge >= 0.3 is 0 Å². The molecule has 3 rings (SSSR count). The molecule has 0 aliphatic heterocycles. The molecule has 1 aliphatic rings. The molecule has 2 aromatic carbocycles. The Morgan fingerprint density at radius 1 is 1.16 bits per heavy atom. The van der Waals surface area contributed by atoms with Crippen LogP contribution in [0.15, 0.2) is 53.4 Å². The van der Waals surface area contributed by atoms with Crippen molar-refractivity contribution < 1.29 is 17.9 Å². The van der Waals surface area contributed by atoms with Crippen LogP contribution in [0.3, 0.4) is 0 Å². The lowest BCUT2D eigenvalue weighted by atomic mass is 9.96. The second kappa shape index (κ2) is 7.25. The van der Waals surface area contributed by atoms with Crippen LogP contribution in [-0.4, -0.2) is 20.4 Å². The third kappa shape index (κ3) is 4.58. The van der Waals surface area contributed by atoms with Gasteiger partial charge < -0.3 is 10.1 Å². The average Bonchev–Trinajstić information content (AvgIpc) is 2.51. The maximum Gasteiger partial charge on any atom is 0.241 e. The van der Waals surface area contributed by atoms with Gasteiger partial charge in [0.15, 0.2) is 0 Å². The fourth-order valence-corrected chi connectivity index (χ4v) is 3.25. The number of hydrogen-bond donors (Lipinski definition) is 2. The minimum Gasteiger partial charge on any atom is -0.489 e. The van der Waals surface area contributed by atoms with Crippen molar-refractivity contribution in [2.24, 2.45) is 5.14 Å². The van der Waals surface area contributed by atoms with Gasteiger partial charge in [-0.1, -0.05) is 30.3 Å². The Balaban J connectivity index is 1.76. The Hall–Kier alpha value is -2.38. The monoisotopic (exact) mass is 360 g/mol. The van der Waals surface area contributed by atoms with Gasteiger partial charge in [0.25, 0.3) is 0 Å². The number of hydrogen-bond acceptors (Lipinski definition) is 4. The third-order valence-electron chi connectivity index (χ3n) is 4.09. The van der Waals surface area contributed by atoms with E-state index in [1.54, 1.807) is 6.07 Å². The number of primary sulfonamides is 1. The molecule has 1 aliphatic carbocycles. The van der Waals surface area contributed by atoms with E-state index in [0.29, 0.717) is 5.69 Å². The smallest absolute Gasteiger partial charge is 0.241 e. The van der Waals surface area contributed by atoms with Gasteiger partial charge in [-0.05, 0) is 43.0 Å². The van der Waals surface area contributed by atoms with E-state index in [9.17, 15) is 13.2 Å². The van der Waals surface area contributed by atoms with Crippen molar-refractivity contribution in [2.75, 3.05) is 5.32 Å². The fraction of sp³-hybridized carbons (Fsp3) is 0.278. The van der Waals surface area contributed by atoms with Crippen LogP contribution in [0.25, 0.3) is 0 Å². The molecule has 0 heterocycles. The van der Waals surface area contributed by atoms with Crippen LogP contribution in [0.4, 0.5) is 5.69 Å². The van der Waals surface area contributed by atoms with E-state index in [4.69, 9.17) is 9.88 Å². The van der Waals surface area contributed by atoms with E-state index in [2.05, 4.69) is 5.32 Å². The summed E-state index contributed by atoms with van der Waals surface area (Å²) in [5.74, 6) is -0.00695. The van der Waals surface area contributed by atoms with Crippen LogP contribution >= 0.6 is 0 Å². The first-order valence-electron chi connectivity index (χ1n) is 8.09. The molecule has 1 fully saturated rings. The lowest BCUT2D eigenvalue weighted by Crippen LogP contribution is -2.26. The Kier molecular flexibility index (Phi) is 5.06. The van der Waals surface area contributed by atoms with Gasteiger partial charge in [0.1, 0.15) is 10.6 Å². The van der Waals surface area contributed by atoms with Gasteiger partial charge in [0.05, 0.1) is 12.5 Å². The number of nitrogens with two attached hydrogens (primary N) is 1. The maximum atomic E-state index is 12.1. The summed E-state index contributed by atoms with van der Waals surface area (Å²) in [4.78, 5) is 12.0. The van der Waals surface area contributed by atoms with Gasteiger partial charge in [0, 0.05) is 5.69 Å². The van der Waals surface area contributed by atoms with E-state index in [1.807, 2.05) is 30.3 Å². The Labute approximate surface area is 147 Å². The van der Waals surface area contributed by atoms with Crippen LogP contribution in [0, 0.1) is 0 Å². The van der Waals surface area contributed by atoms with Gasteiger partial charge in [-0.2, -0.15) is 0 Å². The minimum atomic E-state index is -3.96. The highest BCUT2D eigenvalue weighted by Gasteiger charge is 2.23. The van der Waals surface area contributed by atoms with Gasteiger partial charge in [-0.25, -0.2) is 13.6 Å². The molecule has 0 bridgehead atoms. The summed E-state index contributed by atoms with van der Waals surface area (Å²) in [5.41, 5.74) is 1.24. The first kappa shape index (κ1) is 17.4. The van der Waals surface area contributed by atoms with Gasteiger partial charge in [0.2, 0.25) is 15.9 Å². The number of carbonyl (C=O) groups is 1. The molecule has 3 N–H and O–H groups in total. The highest BCUT2D eigenvalue weighted by molar-refractivity contribution is 7.89. The number of amides is 1. The summed E-state index contributed by atoms with van der Waals surface area (Å²) < 4.78 is 29.4. The molecule has 2 aromatic rings. The second-order valence-corrected chi connectivity index (χ2v) is 7.62. The van der Waals surface area contributed by atoms with Crippen LogP contribution in [-0.2, 0) is 21.2 Å². The van der Waals surface area contributed by atoms with Crippen molar-refractivity contribution in [1.82, 2.24) is 0 Å². The predicted molar refractivity (Wildman–Crippen MR) is 94.9 cm³/mol. The van der Waals surface area contributed by atoms with E-state index >= 15 is 0 Å². The van der Waals surface area contributed by atoms with E-state index in [1.165, 1.54) is 12.1 Å². The van der Waals surface area contributed by atoms with Crippen molar-refractivity contribution >= 4 is 21.6 Å². The standard InChI is InChI=1S/C18H20N2O4S/c19-25(22,23)17-12-14(9-10-16(17)24-15-7-4-8-15)20-18(21)11-13-5-2-1-3-6-13/h1-3,5-6,9-10,12,15H,4,7-8,11H2,(H,20,21)(H2,19,22,23). The van der Waals surface area contributed by atoms with Crippen molar-refractivity contribution in [3.05, 3.63) is 54.1 Å². The second-order valence-electron chi connectivity index (χ2n) is 6.09. The zero-order chi connectivity index (χ0) is 17.9. The molecule has 7 heteroatoms. The normalized spacial score (nSPS) is 14.6.